The molecule has 0 saturated carbocycles. The second kappa shape index (κ2) is 3.07. The van der Waals surface area contributed by atoms with Crippen molar-refractivity contribution < 1.29 is 0 Å². The van der Waals surface area contributed by atoms with Crippen LogP contribution < -0.4 is 5.32 Å². The molecule has 0 amide bonds. The molecular weight excluding hydrogens is 180 g/mol. The molecule has 0 unspecified atom stereocenters. The minimum atomic E-state index is 0.210. The Balaban J connectivity index is 2.36. The summed E-state index contributed by atoms with van der Waals surface area (Å²) < 4.78 is 0. The molecule has 0 radical (unpaired) electrons. The lowest BCUT2D eigenvalue weighted by Gasteiger charge is -2.13. The van der Waals surface area contributed by atoms with Crippen LogP contribution in [0.1, 0.15) is 36.3 Å². The Hall–Kier alpha value is -0.410. The van der Waals surface area contributed by atoms with Crippen LogP contribution in [0.3, 0.4) is 0 Å². The van der Waals surface area contributed by atoms with E-state index in [4.69, 9.17) is 0 Å². The normalized spacial score (nSPS) is 17.2. The van der Waals surface area contributed by atoms with Gasteiger partial charge in [-0.05, 0) is 6.42 Å². The van der Waals surface area contributed by atoms with Gasteiger partial charge in [0.15, 0.2) is 0 Å². The summed E-state index contributed by atoms with van der Waals surface area (Å²) in [5.41, 5.74) is 1.49. The Morgan fingerprint density at radius 1 is 1.38 bits per heavy atom. The number of hydrogen-bond donors (Lipinski definition) is 1. The van der Waals surface area contributed by atoms with Crippen molar-refractivity contribution in [3.05, 3.63) is 15.6 Å². The summed E-state index contributed by atoms with van der Waals surface area (Å²) in [5.74, 6) is 0. The smallest absolute Gasteiger partial charge is 0.0985 e. The van der Waals surface area contributed by atoms with Crippen molar-refractivity contribution >= 4 is 11.3 Å². The summed E-state index contributed by atoms with van der Waals surface area (Å²) in [6, 6.07) is 0. The highest BCUT2D eigenvalue weighted by Gasteiger charge is 2.22. The second-order valence-electron chi connectivity index (χ2n) is 4.57. The van der Waals surface area contributed by atoms with Crippen molar-refractivity contribution in [3.63, 3.8) is 0 Å². The fraction of sp³-hybridized carbons (Fsp3) is 0.700. The number of aromatic nitrogens is 1. The molecule has 0 bridgehead atoms. The van der Waals surface area contributed by atoms with E-state index < -0.39 is 0 Å². The van der Waals surface area contributed by atoms with Gasteiger partial charge in [-0.25, -0.2) is 4.98 Å². The first-order valence-corrected chi connectivity index (χ1v) is 5.59. The third kappa shape index (κ3) is 1.76. The molecule has 0 aliphatic carbocycles. The van der Waals surface area contributed by atoms with Gasteiger partial charge < -0.3 is 5.32 Å². The highest BCUT2D eigenvalue weighted by molar-refractivity contribution is 7.11. The minimum absolute atomic E-state index is 0.210. The number of nitrogens with zero attached hydrogens (tertiary/aromatic N) is 1. The molecule has 0 saturated heterocycles. The van der Waals surface area contributed by atoms with Crippen LogP contribution in [0.2, 0.25) is 0 Å². The van der Waals surface area contributed by atoms with Crippen molar-refractivity contribution in [2.75, 3.05) is 6.54 Å². The van der Waals surface area contributed by atoms with Crippen LogP contribution in [0.4, 0.5) is 0 Å². The highest BCUT2D eigenvalue weighted by Crippen LogP contribution is 2.30. The van der Waals surface area contributed by atoms with Gasteiger partial charge in [0.25, 0.3) is 0 Å². The van der Waals surface area contributed by atoms with Gasteiger partial charge >= 0.3 is 0 Å². The van der Waals surface area contributed by atoms with Crippen LogP contribution in [-0.4, -0.2) is 11.5 Å². The molecule has 1 aliphatic rings. The Labute approximate surface area is 83.4 Å². The molecule has 72 valence electrons. The van der Waals surface area contributed by atoms with Crippen molar-refractivity contribution in [2.45, 2.75) is 39.2 Å². The van der Waals surface area contributed by atoms with Gasteiger partial charge in [0.1, 0.15) is 0 Å². The van der Waals surface area contributed by atoms with E-state index in [-0.39, 0.29) is 5.41 Å². The molecule has 2 rings (SSSR count). The summed E-state index contributed by atoms with van der Waals surface area (Å²) in [6.45, 7) is 8.75. The number of nitrogens with one attached hydrogen (secondary N) is 1. The molecule has 13 heavy (non-hydrogen) atoms. The minimum Gasteiger partial charge on any atom is -0.311 e. The molecule has 1 aromatic rings. The molecule has 2 nitrogen and oxygen atoms in total. The summed E-state index contributed by atoms with van der Waals surface area (Å²) in [5, 5.41) is 4.63. The third-order valence-electron chi connectivity index (χ3n) is 2.24. The molecule has 3 heteroatoms. The van der Waals surface area contributed by atoms with Crippen LogP contribution in [-0.2, 0) is 18.4 Å². The van der Waals surface area contributed by atoms with E-state index in [1.807, 2.05) is 11.3 Å². The van der Waals surface area contributed by atoms with Gasteiger partial charge in [-0.2, -0.15) is 0 Å². The van der Waals surface area contributed by atoms with E-state index in [1.54, 1.807) is 0 Å². The topological polar surface area (TPSA) is 24.9 Å². The fourth-order valence-corrected chi connectivity index (χ4v) is 2.58. The average molecular weight is 196 g/mol. The molecule has 1 aromatic heterocycles. The van der Waals surface area contributed by atoms with E-state index in [0.29, 0.717) is 0 Å². The van der Waals surface area contributed by atoms with Crippen molar-refractivity contribution in [2.24, 2.45) is 0 Å². The third-order valence-corrected chi connectivity index (χ3v) is 3.82. The molecule has 0 fully saturated rings. The molecular formula is C10H16N2S. The molecule has 0 atom stereocenters. The number of thiazole rings is 1. The van der Waals surface area contributed by atoms with E-state index in [2.05, 4.69) is 31.1 Å². The Kier molecular flexibility index (Phi) is 2.16. The number of fused-ring (bicyclic) bond motifs is 1. The molecule has 0 aromatic carbocycles. The van der Waals surface area contributed by atoms with Gasteiger partial charge in [0.2, 0.25) is 0 Å². The van der Waals surface area contributed by atoms with E-state index in [0.717, 1.165) is 19.5 Å². The summed E-state index contributed by atoms with van der Waals surface area (Å²) in [6.07, 6.45) is 1.16. The molecule has 1 N–H and O–H groups in total. The lowest BCUT2D eigenvalue weighted by Crippen LogP contribution is -2.22. The van der Waals surface area contributed by atoms with Crippen molar-refractivity contribution in [1.82, 2.24) is 10.3 Å². The lowest BCUT2D eigenvalue weighted by molar-refractivity contribution is 0.576. The van der Waals surface area contributed by atoms with Gasteiger partial charge in [0, 0.05) is 23.4 Å². The quantitative estimate of drug-likeness (QED) is 0.687. The fourth-order valence-electron chi connectivity index (χ4n) is 1.45. The van der Waals surface area contributed by atoms with E-state index in [9.17, 15) is 0 Å². The predicted molar refractivity (Wildman–Crippen MR) is 56.2 cm³/mol. The standard InChI is InChI=1S/C10H16N2S/c1-10(2,3)9-12-7-6-11-5-4-8(7)13-9/h11H,4-6H2,1-3H3. The summed E-state index contributed by atoms with van der Waals surface area (Å²) in [4.78, 5) is 6.17. The lowest BCUT2D eigenvalue weighted by atomic mass is 9.98. The zero-order valence-corrected chi connectivity index (χ0v) is 9.29. The van der Waals surface area contributed by atoms with Crippen LogP contribution in [0.15, 0.2) is 0 Å². The first-order chi connectivity index (χ1) is 6.07. The first kappa shape index (κ1) is 9.16. The highest BCUT2D eigenvalue weighted by atomic mass is 32.1. The summed E-state index contributed by atoms with van der Waals surface area (Å²) in [7, 11) is 0. The first-order valence-electron chi connectivity index (χ1n) is 4.77. The van der Waals surface area contributed by atoms with Gasteiger partial charge in [-0.3, -0.25) is 0 Å². The van der Waals surface area contributed by atoms with Crippen LogP contribution in [0.25, 0.3) is 0 Å². The maximum Gasteiger partial charge on any atom is 0.0985 e. The van der Waals surface area contributed by atoms with Crippen molar-refractivity contribution in [1.29, 1.82) is 0 Å². The van der Waals surface area contributed by atoms with Gasteiger partial charge in [-0.1, -0.05) is 20.8 Å². The Bertz CT molecular complexity index is 286. The van der Waals surface area contributed by atoms with Crippen LogP contribution >= 0.6 is 11.3 Å². The average Bonchev–Trinajstić information content (AvgIpc) is 2.45. The second-order valence-corrected chi connectivity index (χ2v) is 5.65. The Morgan fingerprint density at radius 3 is 2.77 bits per heavy atom. The predicted octanol–water partition coefficient (Wildman–Crippen LogP) is 2.09. The van der Waals surface area contributed by atoms with Gasteiger partial charge in [-0.15, -0.1) is 11.3 Å². The van der Waals surface area contributed by atoms with E-state index >= 15 is 0 Å². The molecule has 2 heterocycles. The van der Waals surface area contributed by atoms with Crippen LogP contribution in [0, 0.1) is 0 Å². The zero-order chi connectivity index (χ0) is 9.47. The van der Waals surface area contributed by atoms with Crippen LogP contribution in [0.5, 0.6) is 0 Å². The van der Waals surface area contributed by atoms with Crippen molar-refractivity contribution in [3.8, 4) is 0 Å². The van der Waals surface area contributed by atoms with Gasteiger partial charge in [0.05, 0.1) is 10.7 Å². The molecule has 1 aliphatic heterocycles. The number of rotatable bonds is 0. The summed E-state index contributed by atoms with van der Waals surface area (Å²) >= 11 is 1.89. The zero-order valence-electron chi connectivity index (χ0n) is 8.48. The monoisotopic (exact) mass is 196 g/mol. The maximum atomic E-state index is 4.68. The molecule has 0 spiro atoms. The number of hydrogen-bond acceptors (Lipinski definition) is 3. The maximum absolute atomic E-state index is 4.68. The largest absolute Gasteiger partial charge is 0.311 e. The Morgan fingerprint density at radius 2 is 2.15 bits per heavy atom. The SMILES string of the molecule is CC(C)(C)c1nc2c(s1)CCNC2. The van der Waals surface area contributed by atoms with E-state index in [1.165, 1.54) is 15.6 Å².